The molecule has 8 nitrogen and oxygen atoms in total. The second-order valence-corrected chi connectivity index (χ2v) is 24.2. The highest BCUT2D eigenvalue weighted by Crippen LogP contribution is 2.43. The van der Waals surface area contributed by atoms with Crippen molar-refractivity contribution < 1.29 is 32.9 Å². The van der Waals surface area contributed by atoms with E-state index in [1.807, 2.05) is 27.2 Å². The van der Waals surface area contributed by atoms with Gasteiger partial charge in [0.15, 0.2) is 0 Å². The molecule has 0 saturated heterocycles. The zero-order chi connectivity index (χ0) is 52.7. The van der Waals surface area contributed by atoms with Crippen molar-refractivity contribution in [2.24, 2.45) is 0 Å². The van der Waals surface area contributed by atoms with Crippen LogP contribution in [0.2, 0.25) is 0 Å². The number of hydrogen-bond acceptors (Lipinski definition) is 5. The van der Waals surface area contributed by atoms with Gasteiger partial charge in [0.2, 0.25) is 5.91 Å². The molecule has 3 unspecified atom stereocenters. The van der Waals surface area contributed by atoms with Gasteiger partial charge >= 0.3 is 7.82 Å². The third-order valence-electron chi connectivity index (χ3n) is 14.4. The number of carbonyl (C=O) groups excluding carboxylic acids is 1. The molecule has 0 aliphatic carbocycles. The number of quaternary nitrogens is 1. The van der Waals surface area contributed by atoms with E-state index >= 15 is 0 Å². The van der Waals surface area contributed by atoms with Crippen LogP contribution in [0.5, 0.6) is 0 Å². The molecule has 0 radical (unpaired) electrons. The van der Waals surface area contributed by atoms with Crippen molar-refractivity contribution in [1.82, 2.24) is 5.32 Å². The number of unbranched alkanes of at least 4 members (excludes halogenated alkanes) is 41. The van der Waals surface area contributed by atoms with Crippen molar-refractivity contribution in [3.05, 3.63) is 36.5 Å². The fourth-order valence-electron chi connectivity index (χ4n) is 9.43. The quantitative estimate of drug-likeness (QED) is 0.0243. The minimum absolute atomic E-state index is 0.0630. The van der Waals surface area contributed by atoms with Crippen LogP contribution >= 0.6 is 7.82 Å². The number of nitrogens with one attached hydrogen (secondary N) is 1. The number of hydrogen-bond donors (Lipinski definition) is 3. The van der Waals surface area contributed by atoms with Crippen molar-refractivity contribution in [2.75, 3.05) is 40.9 Å². The highest BCUT2D eigenvalue weighted by molar-refractivity contribution is 7.47. The molecular formula is C63H124N2O6P+. The maximum absolute atomic E-state index is 13.0. The first kappa shape index (κ1) is 70.7. The second-order valence-electron chi connectivity index (χ2n) is 22.8. The number of aliphatic hydroxyl groups is 1. The smallest absolute Gasteiger partial charge is 0.387 e. The molecule has 0 aromatic carbocycles. The van der Waals surface area contributed by atoms with Gasteiger partial charge in [0.1, 0.15) is 13.2 Å². The largest absolute Gasteiger partial charge is 0.472 e. The minimum atomic E-state index is -4.35. The molecule has 0 bridgehead atoms. The van der Waals surface area contributed by atoms with Gasteiger partial charge in [-0.1, -0.05) is 288 Å². The van der Waals surface area contributed by atoms with Gasteiger partial charge in [-0.15, -0.1) is 0 Å². The van der Waals surface area contributed by atoms with Crippen LogP contribution in [0, 0.1) is 0 Å². The first-order chi connectivity index (χ1) is 35.0. The van der Waals surface area contributed by atoms with Crippen LogP contribution in [-0.4, -0.2) is 73.4 Å². The Balaban J connectivity index is 4.04. The molecule has 0 rings (SSSR count). The van der Waals surface area contributed by atoms with E-state index in [0.717, 1.165) is 44.9 Å². The topological polar surface area (TPSA) is 105 Å². The summed E-state index contributed by atoms with van der Waals surface area (Å²) in [6.45, 7) is 4.85. The lowest BCUT2D eigenvalue weighted by molar-refractivity contribution is -0.870. The molecule has 9 heteroatoms. The van der Waals surface area contributed by atoms with Crippen LogP contribution in [0.1, 0.15) is 309 Å². The van der Waals surface area contributed by atoms with Crippen LogP contribution in [0.25, 0.3) is 0 Å². The summed E-state index contributed by atoms with van der Waals surface area (Å²) in [7, 11) is 1.58. The number of rotatable bonds is 58. The Kier molecular flexibility index (Phi) is 53.5. The molecule has 0 aromatic rings. The number of nitrogens with zero attached hydrogens (tertiary/aromatic N) is 1. The Hall–Kier alpha value is -1.28. The van der Waals surface area contributed by atoms with Crippen molar-refractivity contribution in [2.45, 2.75) is 321 Å². The normalized spacial score (nSPS) is 14.0. The van der Waals surface area contributed by atoms with Gasteiger partial charge in [0.25, 0.3) is 0 Å². The Morgan fingerprint density at radius 2 is 0.792 bits per heavy atom. The molecule has 0 fully saturated rings. The van der Waals surface area contributed by atoms with Crippen LogP contribution in [0.4, 0.5) is 0 Å². The lowest BCUT2D eigenvalue weighted by atomic mass is 10.0. The predicted molar refractivity (Wildman–Crippen MR) is 314 cm³/mol. The molecule has 426 valence electrons. The third-order valence-corrected chi connectivity index (χ3v) is 15.3. The summed E-state index contributed by atoms with van der Waals surface area (Å²) in [5.41, 5.74) is 0. The highest BCUT2D eigenvalue weighted by atomic mass is 31.2. The molecule has 0 saturated carbocycles. The zero-order valence-electron chi connectivity index (χ0n) is 48.7. The summed E-state index contributed by atoms with van der Waals surface area (Å²) in [5, 5.41) is 13.9. The zero-order valence-corrected chi connectivity index (χ0v) is 49.6. The number of phosphoric ester groups is 1. The minimum Gasteiger partial charge on any atom is -0.387 e. The molecule has 3 N–H and O–H groups in total. The monoisotopic (exact) mass is 1040 g/mol. The summed E-state index contributed by atoms with van der Waals surface area (Å²) in [5.74, 6) is -0.172. The Morgan fingerprint density at radius 3 is 1.14 bits per heavy atom. The molecule has 0 aliphatic rings. The van der Waals surface area contributed by atoms with Gasteiger partial charge in [-0.2, -0.15) is 0 Å². The summed E-state index contributed by atoms with van der Waals surface area (Å²) < 4.78 is 23.7. The van der Waals surface area contributed by atoms with Crippen molar-refractivity contribution in [3.63, 3.8) is 0 Å². The number of phosphoric acid groups is 1. The van der Waals surface area contributed by atoms with Gasteiger partial charge in [0, 0.05) is 6.42 Å². The van der Waals surface area contributed by atoms with Gasteiger partial charge in [-0.3, -0.25) is 13.8 Å². The lowest BCUT2D eigenvalue weighted by Crippen LogP contribution is -2.45. The highest BCUT2D eigenvalue weighted by Gasteiger charge is 2.27. The molecule has 1 amide bonds. The lowest BCUT2D eigenvalue weighted by Gasteiger charge is -2.25. The third kappa shape index (κ3) is 56.4. The van der Waals surface area contributed by atoms with Gasteiger partial charge in [-0.25, -0.2) is 4.57 Å². The summed E-state index contributed by atoms with van der Waals surface area (Å²) >= 11 is 0. The van der Waals surface area contributed by atoms with E-state index in [0.29, 0.717) is 17.4 Å². The predicted octanol–water partition coefficient (Wildman–Crippen LogP) is 19.3. The molecular weight excluding hydrogens is 912 g/mol. The van der Waals surface area contributed by atoms with Gasteiger partial charge in [-0.05, 0) is 51.4 Å². The Labute approximate surface area is 448 Å². The first-order valence-corrected chi connectivity index (χ1v) is 32.9. The maximum Gasteiger partial charge on any atom is 0.472 e. The standard InChI is InChI=1S/C63H123N2O6P/c1-6-8-10-12-14-16-18-20-22-24-25-26-27-28-29-30-31-32-33-34-35-36-37-38-39-41-43-45-47-49-51-53-55-57-63(67)64-61(60-71-72(68,69)70-59-58-65(3,4)5)62(66)56-54-52-50-48-46-44-42-40-23-21-19-17-15-13-11-9-7-2/h25-26,28-29,54,56,61-62,66H,6-24,27,30-53,55,57-60H2,1-5H3,(H-,64,67,68,69)/p+1/b26-25-,29-28-,56-54+. The number of likely N-dealkylation sites (N-methyl/N-ethyl adjacent to an activating group) is 1. The molecule has 0 spiro atoms. The summed E-state index contributed by atoms with van der Waals surface area (Å²) in [6, 6.07) is -0.845. The fraction of sp³-hybridized carbons (Fsp3) is 0.889. The number of allylic oxidation sites excluding steroid dienone is 5. The van der Waals surface area contributed by atoms with E-state index in [1.165, 1.54) is 244 Å². The van der Waals surface area contributed by atoms with Crippen LogP contribution < -0.4 is 5.32 Å². The molecule has 0 aromatic heterocycles. The summed E-state index contributed by atoms with van der Waals surface area (Å²) in [4.78, 5) is 23.3. The average molecular weight is 1040 g/mol. The molecule has 0 aliphatic heterocycles. The summed E-state index contributed by atoms with van der Waals surface area (Å²) in [6.07, 6.45) is 71.2. The fourth-order valence-corrected chi connectivity index (χ4v) is 10.2. The van der Waals surface area contributed by atoms with Gasteiger partial charge < -0.3 is 19.8 Å². The van der Waals surface area contributed by atoms with E-state index < -0.39 is 20.0 Å². The van der Waals surface area contributed by atoms with E-state index in [9.17, 15) is 19.4 Å². The number of carbonyl (C=O) groups is 1. The van der Waals surface area contributed by atoms with Crippen molar-refractivity contribution >= 4 is 13.7 Å². The Morgan fingerprint density at radius 1 is 0.472 bits per heavy atom. The number of aliphatic hydroxyl groups excluding tert-OH is 1. The van der Waals surface area contributed by atoms with Crippen LogP contribution in [-0.2, 0) is 18.4 Å². The van der Waals surface area contributed by atoms with Gasteiger partial charge in [0.05, 0.1) is 39.9 Å². The molecule has 72 heavy (non-hydrogen) atoms. The Bertz CT molecular complexity index is 1270. The second kappa shape index (κ2) is 54.5. The van der Waals surface area contributed by atoms with E-state index in [1.54, 1.807) is 6.08 Å². The van der Waals surface area contributed by atoms with Crippen LogP contribution in [0.3, 0.4) is 0 Å². The maximum atomic E-state index is 13.0. The van der Waals surface area contributed by atoms with E-state index in [2.05, 4.69) is 43.5 Å². The van der Waals surface area contributed by atoms with Crippen molar-refractivity contribution in [1.29, 1.82) is 0 Å². The molecule has 0 heterocycles. The van der Waals surface area contributed by atoms with Crippen LogP contribution in [0.15, 0.2) is 36.5 Å². The molecule has 3 atom stereocenters. The number of amides is 1. The first-order valence-electron chi connectivity index (χ1n) is 31.4. The average Bonchev–Trinajstić information content (AvgIpc) is 3.34. The van der Waals surface area contributed by atoms with E-state index in [-0.39, 0.29) is 19.1 Å². The van der Waals surface area contributed by atoms with E-state index in [4.69, 9.17) is 9.05 Å². The van der Waals surface area contributed by atoms with Crippen molar-refractivity contribution in [3.8, 4) is 0 Å². The SMILES string of the molecule is CCCCCCCCCCC/C=C\C/C=C\CCCCCCCCCCCCCCCCCCCC(=O)NC(COP(=O)(O)OCC[N+](C)(C)C)C(O)/C=C/CCCCCCCCCCCCCCCCC.